The fourth-order valence-corrected chi connectivity index (χ4v) is 4.13. The summed E-state index contributed by atoms with van der Waals surface area (Å²) in [6.07, 6.45) is 0.222. The number of hydrogen-bond donors (Lipinski definition) is 1. The molecule has 0 spiro atoms. The Morgan fingerprint density at radius 3 is 2.21 bits per heavy atom. The SMILES string of the molecule is O=C(Nc1cccc2ccccc12)[C@@H]1CC(=O)N(c2cccc3ccccc23)C1. The van der Waals surface area contributed by atoms with Crippen LogP contribution in [0.4, 0.5) is 11.4 Å². The first kappa shape index (κ1) is 17.4. The molecular formula is C25H20N2O2. The Kier molecular flexibility index (Phi) is 4.24. The summed E-state index contributed by atoms with van der Waals surface area (Å²) in [5.74, 6) is -0.503. The summed E-state index contributed by atoms with van der Waals surface area (Å²) >= 11 is 0. The van der Waals surface area contributed by atoms with Gasteiger partial charge in [0.25, 0.3) is 0 Å². The minimum absolute atomic E-state index is 0.0144. The van der Waals surface area contributed by atoms with E-state index in [0.29, 0.717) is 6.54 Å². The van der Waals surface area contributed by atoms with Crippen LogP contribution in [-0.2, 0) is 9.59 Å². The molecule has 1 aliphatic heterocycles. The second kappa shape index (κ2) is 7.06. The fourth-order valence-electron chi connectivity index (χ4n) is 4.13. The molecule has 1 saturated heterocycles. The van der Waals surface area contributed by atoms with Crippen molar-refractivity contribution in [2.45, 2.75) is 6.42 Å². The van der Waals surface area contributed by atoms with Crippen molar-refractivity contribution >= 4 is 44.7 Å². The molecule has 0 aliphatic carbocycles. The van der Waals surface area contributed by atoms with Gasteiger partial charge in [-0.3, -0.25) is 9.59 Å². The predicted octanol–water partition coefficient (Wildman–Crippen LogP) is 4.98. The van der Waals surface area contributed by atoms with Crippen molar-refractivity contribution in [3.63, 3.8) is 0 Å². The minimum atomic E-state index is -0.375. The van der Waals surface area contributed by atoms with E-state index < -0.39 is 0 Å². The van der Waals surface area contributed by atoms with Crippen molar-refractivity contribution in [2.24, 2.45) is 5.92 Å². The second-order valence-electron chi connectivity index (χ2n) is 7.42. The molecule has 0 unspecified atom stereocenters. The van der Waals surface area contributed by atoms with Crippen LogP contribution in [0.25, 0.3) is 21.5 Å². The van der Waals surface area contributed by atoms with E-state index in [9.17, 15) is 9.59 Å². The van der Waals surface area contributed by atoms with E-state index in [2.05, 4.69) is 5.32 Å². The number of benzene rings is 4. The van der Waals surface area contributed by atoms with E-state index >= 15 is 0 Å². The van der Waals surface area contributed by atoms with Crippen LogP contribution in [0.2, 0.25) is 0 Å². The molecule has 29 heavy (non-hydrogen) atoms. The maximum Gasteiger partial charge on any atom is 0.229 e. The summed E-state index contributed by atoms with van der Waals surface area (Å²) in [5, 5.41) is 7.22. The van der Waals surface area contributed by atoms with Crippen molar-refractivity contribution in [3.8, 4) is 0 Å². The molecule has 0 aromatic heterocycles. The van der Waals surface area contributed by atoms with Crippen LogP contribution in [0.5, 0.6) is 0 Å². The lowest BCUT2D eigenvalue weighted by Gasteiger charge is -2.19. The molecule has 142 valence electrons. The van der Waals surface area contributed by atoms with Crippen LogP contribution in [0.15, 0.2) is 84.9 Å². The van der Waals surface area contributed by atoms with Gasteiger partial charge < -0.3 is 10.2 Å². The van der Waals surface area contributed by atoms with Gasteiger partial charge in [-0.05, 0) is 22.9 Å². The summed E-state index contributed by atoms with van der Waals surface area (Å²) in [6.45, 7) is 0.392. The standard InChI is InChI=1S/C25H20N2O2/c28-24-15-19(16-27(24)23-14-6-10-18-8-2-4-12-21(18)23)25(29)26-22-13-5-9-17-7-1-3-11-20(17)22/h1-14,19H,15-16H2,(H,26,29)/t19-/m1/s1. The number of carbonyl (C=O) groups excluding carboxylic acids is 2. The van der Waals surface area contributed by atoms with Crippen LogP contribution >= 0.6 is 0 Å². The Bertz CT molecular complexity index is 1240. The summed E-state index contributed by atoms with van der Waals surface area (Å²) in [7, 11) is 0. The molecule has 1 atom stereocenters. The molecular weight excluding hydrogens is 360 g/mol. The highest BCUT2D eigenvalue weighted by Gasteiger charge is 2.35. The highest BCUT2D eigenvalue weighted by Crippen LogP contribution is 2.32. The molecule has 2 amide bonds. The van der Waals surface area contributed by atoms with Gasteiger partial charge in [0.05, 0.1) is 11.6 Å². The Labute approximate surface area is 168 Å². The van der Waals surface area contributed by atoms with Crippen molar-refractivity contribution in [3.05, 3.63) is 84.9 Å². The Balaban J connectivity index is 1.40. The number of nitrogens with zero attached hydrogens (tertiary/aromatic N) is 1. The molecule has 0 saturated carbocycles. The van der Waals surface area contributed by atoms with Gasteiger partial charge in [-0.15, -0.1) is 0 Å². The van der Waals surface area contributed by atoms with Gasteiger partial charge >= 0.3 is 0 Å². The van der Waals surface area contributed by atoms with Crippen LogP contribution in [0.3, 0.4) is 0 Å². The van der Waals surface area contributed by atoms with Crippen molar-refractivity contribution in [2.75, 3.05) is 16.8 Å². The van der Waals surface area contributed by atoms with E-state index in [1.165, 1.54) is 0 Å². The number of hydrogen-bond acceptors (Lipinski definition) is 2. The Morgan fingerprint density at radius 2 is 1.41 bits per heavy atom. The van der Waals surface area contributed by atoms with E-state index in [1.54, 1.807) is 4.90 Å². The number of fused-ring (bicyclic) bond motifs is 2. The normalized spacial score (nSPS) is 16.5. The molecule has 4 nitrogen and oxygen atoms in total. The van der Waals surface area contributed by atoms with Gasteiger partial charge in [-0.1, -0.05) is 72.8 Å². The lowest BCUT2D eigenvalue weighted by atomic mass is 10.1. The summed E-state index contributed by atoms with van der Waals surface area (Å²) in [6, 6.07) is 27.7. The molecule has 1 N–H and O–H groups in total. The molecule has 0 radical (unpaired) electrons. The van der Waals surface area contributed by atoms with E-state index in [0.717, 1.165) is 32.9 Å². The zero-order valence-corrected chi connectivity index (χ0v) is 15.8. The van der Waals surface area contributed by atoms with Gasteiger partial charge in [0.1, 0.15) is 0 Å². The third-order valence-electron chi connectivity index (χ3n) is 5.60. The van der Waals surface area contributed by atoms with Gasteiger partial charge in [0.15, 0.2) is 0 Å². The number of rotatable bonds is 3. The quantitative estimate of drug-likeness (QED) is 0.545. The maximum atomic E-state index is 13.0. The maximum absolute atomic E-state index is 13.0. The van der Waals surface area contributed by atoms with E-state index in [-0.39, 0.29) is 24.2 Å². The highest BCUT2D eigenvalue weighted by atomic mass is 16.2. The van der Waals surface area contributed by atoms with Crippen molar-refractivity contribution in [1.29, 1.82) is 0 Å². The van der Waals surface area contributed by atoms with Crippen LogP contribution in [-0.4, -0.2) is 18.4 Å². The molecule has 5 rings (SSSR count). The summed E-state index contributed by atoms with van der Waals surface area (Å²) in [5.41, 5.74) is 1.65. The topological polar surface area (TPSA) is 49.4 Å². The van der Waals surface area contributed by atoms with Gasteiger partial charge in [-0.25, -0.2) is 0 Å². The number of nitrogens with one attached hydrogen (secondary N) is 1. The average molecular weight is 380 g/mol. The highest BCUT2D eigenvalue weighted by molar-refractivity contribution is 6.09. The van der Waals surface area contributed by atoms with E-state index in [1.807, 2.05) is 84.9 Å². The number of anilines is 2. The minimum Gasteiger partial charge on any atom is -0.325 e. The van der Waals surface area contributed by atoms with Crippen LogP contribution in [0, 0.1) is 5.92 Å². The zero-order valence-electron chi connectivity index (χ0n) is 15.8. The molecule has 1 heterocycles. The van der Waals surface area contributed by atoms with Crippen molar-refractivity contribution in [1.82, 2.24) is 0 Å². The first-order valence-electron chi connectivity index (χ1n) is 9.77. The largest absolute Gasteiger partial charge is 0.325 e. The Morgan fingerprint density at radius 1 is 0.793 bits per heavy atom. The average Bonchev–Trinajstić information content (AvgIpc) is 3.15. The van der Waals surface area contributed by atoms with Crippen LogP contribution < -0.4 is 10.2 Å². The van der Waals surface area contributed by atoms with Crippen LogP contribution in [0.1, 0.15) is 6.42 Å². The van der Waals surface area contributed by atoms with E-state index in [4.69, 9.17) is 0 Å². The monoisotopic (exact) mass is 380 g/mol. The lowest BCUT2D eigenvalue weighted by molar-refractivity contribution is -0.122. The molecule has 0 bridgehead atoms. The zero-order chi connectivity index (χ0) is 19.8. The molecule has 4 aromatic carbocycles. The molecule has 1 fully saturated rings. The first-order valence-corrected chi connectivity index (χ1v) is 9.77. The third kappa shape index (κ3) is 3.13. The van der Waals surface area contributed by atoms with Gasteiger partial charge in [0.2, 0.25) is 11.8 Å². The predicted molar refractivity (Wildman–Crippen MR) is 117 cm³/mol. The molecule has 4 aromatic rings. The fraction of sp³-hybridized carbons (Fsp3) is 0.120. The van der Waals surface area contributed by atoms with Gasteiger partial charge in [0, 0.05) is 29.4 Å². The van der Waals surface area contributed by atoms with Crippen molar-refractivity contribution < 1.29 is 9.59 Å². The number of carbonyl (C=O) groups is 2. The molecule has 1 aliphatic rings. The summed E-state index contributed by atoms with van der Waals surface area (Å²) in [4.78, 5) is 27.4. The van der Waals surface area contributed by atoms with Gasteiger partial charge in [-0.2, -0.15) is 0 Å². The lowest BCUT2D eigenvalue weighted by Crippen LogP contribution is -2.28. The first-order chi connectivity index (χ1) is 14.2. The Hall–Kier alpha value is -3.66. The molecule has 4 heteroatoms. The smallest absolute Gasteiger partial charge is 0.229 e. The summed E-state index contributed by atoms with van der Waals surface area (Å²) < 4.78 is 0. The number of amides is 2. The second-order valence-corrected chi connectivity index (χ2v) is 7.42. The third-order valence-corrected chi connectivity index (χ3v) is 5.60.